The van der Waals surface area contributed by atoms with Crippen molar-refractivity contribution in [3.05, 3.63) is 47.5 Å². The molecule has 0 unspecified atom stereocenters. The van der Waals surface area contributed by atoms with Crippen molar-refractivity contribution < 1.29 is 14.0 Å². The molecule has 2 fully saturated rings. The van der Waals surface area contributed by atoms with Crippen LogP contribution in [0, 0.1) is 18.7 Å². The first-order valence-electron chi connectivity index (χ1n) is 9.93. The van der Waals surface area contributed by atoms with Crippen LogP contribution in [0.1, 0.15) is 41.7 Å². The van der Waals surface area contributed by atoms with Gasteiger partial charge in [0.2, 0.25) is 5.91 Å². The molecule has 1 saturated carbocycles. The Labute approximate surface area is 163 Å². The van der Waals surface area contributed by atoms with Crippen LogP contribution in [0.25, 0.3) is 5.69 Å². The van der Waals surface area contributed by atoms with Crippen LogP contribution in [0.15, 0.2) is 30.5 Å². The van der Waals surface area contributed by atoms with E-state index in [-0.39, 0.29) is 23.5 Å². The van der Waals surface area contributed by atoms with Crippen molar-refractivity contribution in [2.75, 3.05) is 26.2 Å². The summed E-state index contributed by atoms with van der Waals surface area (Å²) in [5, 5.41) is 4.31. The van der Waals surface area contributed by atoms with Crippen molar-refractivity contribution in [2.45, 2.75) is 32.6 Å². The normalized spacial score (nSPS) is 17.9. The quantitative estimate of drug-likeness (QED) is 0.818. The molecule has 0 radical (unpaired) electrons. The molecule has 7 heteroatoms. The minimum atomic E-state index is -0.310. The molecule has 0 bridgehead atoms. The van der Waals surface area contributed by atoms with Gasteiger partial charge in [-0.2, -0.15) is 5.10 Å². The van der Waals surface area contributed by atoms with E-state index in [0.717, 1.165) is 31.4 Å². The average molecular weight is 384 g/mol. The topological polar surface area (TPSA) is 58.4 Å². The molecule has 4 rings (SSSR count). The largest absolute Gasteiger partial charge is 0.339 e. The summed E-state index contributed by atoms with van der Waals surface area (Å²) in [6, 6.07) is 6.02. The summed E-state index contributed by atoms with van der Waals surface area (Å²) in [4.78, 5) is 29.2. The Morgan fingerprint density at radius 2 is 1.61 bits per heavy atom. The second kappa shape index (κ2) is 7.73. The molecule has 1 aromatic heterocycles. The molecule has 1 aliphatic carbocycles. The second-order valence-electron chi connectivity index (χ2n) is 7.63. The maximum atomic E-state index is 13.1. The van der Waals surface area contributed by atoms with Gasteiger partial charge in [0.1, 0.15) is 5.82 Å². The average Bonchev–Trinajstić information content (AvgIpc) is 3.38. The molecule has 2 heterocycles. The van der Waals surface area contributed by atoms with E-state index >= 15 is 0 Å². The predicted molar refractivity (Wildman–Crippen MR) is 103 cm³/mol. The van der Waals surface area contributed by atoms with E-state index in [2.05, 4.69) is 5.10 Å². The van der Waals surface area contributed by atoms with Crippen LogP contribution in [-0.4, -0.2) is 57.6 Å². The minimum absolute atomic E-state index is 0.0705. The lowest BCUT2D eigenvalue weighted by molar-refractivity contribution is -0.136. The van der Waals surface area contributed by atoms with E-state index in [0.29, 0.717) is 37.4 Å². The molecule has 28 heavy (non-hydrogen) atoms. The van der Waals surface area contributed by atoms with Crippen molar-refractivity contribution in [3.63, 3.8) is 0 Å². The molecule has 0 spiro atoms. The number of halogens is 1. The van der Waals surface area contributed by atoms with E-state index in [1.165, 1.54) is 12.1 Å². The third kappa shape index (κ3) is 3.53. The van der Waals surface area contributed by atoms with Gasteiger partial charge in [-0.3, -0.25) is 9.59 Å². The van der Waals surface area contributed by atoms with Gasteiger partial charge >= 0.3 is 0 Å². The first-order valence-corrected chi connectivity index (χ1v) is 9.93. The van der Waals surface area contributed by atoms with Gasteiger partial charge in [-0.15, -0.1) is 0 Å². The highest BCUT2D eigenvalue weighted by molar-refractivity contribution is 5.95. The Balaban J connectivity index is 1.41. The summed E-state index contributed by atoms with van der Waals surface area (Å²) in [7, 11) is 0. The highest BCUT2D eigenvalue weighted by Gasteiger charge is 2.31. The number of nitrogens with zero attached hydrogens (tertiary/aromatic N) is 4. The molecule has 0 N–H and O–H groups in total. The molecule has 6 nitrogen and oxygen atoms in total. The number of hydrogen-bond acceptors (Lipinski definition) is 3. The number of rotatable bonds is 3. The van der Waals surface area contributed by atoms with Crippen LogP contribution in [0.2, 0.25) is 0 Å². The lowest BCUT2D eigenvalue weighted by Gasteiger charge is -2.36. The highest BCUT2D eigenvalue weighted by Crippen LogP contribution is 2.27. The van der Waals surface area contributed by atoms with Gasteiger partial charge in [0.05, 0.1) is 23.1 Å². The van der Waals surface area contributed by atoms with Gasteiger partial charge in [-0.25, -0.2) is 9.07 Å². The standard InChI is InChI=1S/C21H25FN4O2/c1-15-19(14-23-26(15)18-8-6-17(22)7-9-18)21(28)25-12-10-24(11-13-25)20(27)16-4-2-3-5-16/h6-9,14,16H,2-5,10-13H2,1H3. The monoisotopic (exact) mass is 384 g/mol. The Morgan fingerprint density at radius 3 is 2.25 bits per heavy atom. The summed E-state index contributed by atoms with van der Waals surface area (Å²) in [6.45, 7) is 4.10. The zero-order valence-electron chi connectivity index (χ0n) is 16.1. The second-order valence-corrected chi connectivity index (χ2v) is 7.63. The molecule has 0 atom stereocenters. The molecule has 2 amide bonds. The Morgan fingerprint density at radius 1 is 1.00 bits per heavy atom. The summed E-state index contributed by atoms with van der Waals surface area (Å²) in [6.07, 6.45) is 5.86. The number of amides is 2. The lowest BCUT2D eigenvalue weighted by Crippen LogP contribution is -2.51. The van der Waals surface area contributed by atoms with Gasteiger partial charge in [0, 0.05) is 32.1 Å². The number of carbonyl (C=O) groups is 2. The molecule has 2 aromatic rings. The van der Waals surface area contributed by atoms with Crippen LogP contribution in [-0.2, 0) is 4.79 Å². The number of carbonyl (C=O) groups excluding carboxylic acids is 2. The van der Waals surface area contributed by atoms with Crippen LogP contribution < -0.4 is 0 Å². The van der Waals surface area contributed by atoms with Crippen LogP contribution in [0.3, 0.4) is 0 Å². The van der Waals surface area contributed by atoms with E-state index in [4.69, 9.17) is 0 Å². The Hall–Kier alpha value is -2.70. The molecule has 1 saturated heterocycles. The van der Waals surface area contributed by atoms with Crippen molar-refractivity contribution >= 4 is 11.8 Å². The first-order chi connectivity index (χ1) is 13.5. The van der Waals surface area contributed by atoms with E-state index in [9.17, 15) is 14.0 Å². The van der Waals surface area contributed by atoms with Crippen molar-refractivity contribution in [1.29, 1.82) is 0 Å². The fourth-order valence-corrected chi connectivity index (χ4v) is 4.19. The van der Waals surface area contributed by atoms with Crippen LogP contribution in [0.4, 0.5) is 4.39 Å². The van der Waals surface area contributed by atoms with Crippen molar-refractivity contribution in [1.82, 2.24) is 19.6 Å². The maximum Gasteiger partial charge on any atom is 0.257 e. The van der Waals surface area contributed by atoms with E-state index < -0.39 is 0 Å². The number of hydrogen-bond donors (Lipinski definition) is 0. The molecular formula is C21H25FN4O2. The van der Waals surface area contributed by atoms with Gasteiger partial charge < -0.3 is 9.80 Å². The maximum absolute atomic E-state index is 13.1. The van der Waals surface area contributed by atoms with Gasteiger partial charge in [-0.1, -0.05) is 12.8 Å². The number of aromatic nitrogens is 2. The highest BCUT2D eigenvalue weighted by atomic mass is 19.1. The number of benzene rings is 1. The SMILES string of the molecule is Cc1c(C(=O)N2CCN(C(=O)C3CCCC3)CC2)cnn1-c1ccc(F)cc1. The molecular weight excluding hydrogens is 359 g/mol. The van der Waals surface area contributed by atoms with Crippen LogP contribution in [0.5, 0.6) is 0 Å². The first kappa shape index (κ1) is 18.7. The van der Waals surface area contributed by atoms with E-state index in [1.807, 2.05) is 11.8 Å². The fraction of sp³-hybridized carbons (Fsp3) is 0.476. The molecule has 2 aliphatic rings. The number of piperazine rings is 1. The summed E-state index contributed by atoms with van der Waals surface area (Å²) < 4.78 is 14.8. The third-order valence-corrected chi connectivity index (χ3v) is 5.89. The molecule has 1 aliphatic heterocycles. The van der Waals surface area contributed by atoms with Crippen molar-refractivity contribution in [2.24, 2.45) is 5.92 Å². The lowest BCUT2D eigenvalue weighted by atomic mass is 10.1. The third-order valence-electron chi connectivity index (χ3n) is 5.89. The molecule has 1 aromatic carbocycles. The molecule has 148 valence electrons. The van der Waals surface area contributed by atoms with Gasteiger partial charge in [0.15, 0.2) is 0 Å². The van der Waals surface area contributed by atoms with Crippen LogP contribution >= 0.6 is 0 Å². The minimum Gasteiger partial charge on any atom is -0.339 e. The Kier molecular flexibility index (Phi) is 5.15. The predicted octanol–water partition coefficient (Wildman–Crippen LogP) is 2.79. The van der Waals surface area contributed by atoms with Crippen molar-refractivity contribution in [3.8, 4) is 5.69 Å². The van der Waals surface area contributed by atoms with Gasteiger partial charge in [-0.05, 0) is 44.0 Å². The zero-order chi connectivity index (χ0) is 19.7. The van der Waals surface area contributed by atoms with Gasteiger partial charge in [0.25, 0.3) is 5.91 Å². The summed E-state index contributed by atoms with van der Waals surface area (Å²) in [5.74, 6) is 0.0528. The zero-order valence-corrected chi connectivity index (χ0v) is 16.1. The fourth-order valence-electron chi connectivity index (χ4n) is 4.19. The summed E-state index contributed by atoms with van der Waals surface area (Å²) >= 11 is 0. The summed E-state index contributed by atoms with van der Waals surface area (Å²) in [5.41, 5.74) is 1.98. The smallest absolute Gasteiger partial charge is 0.257 e. The Bertz CT molecular complexity index is 863. The van der Waals surface area contributed by atoms with E-state index in [1.54, 1.807) is 27.9 Å².